The maximum Gasteiger partial charge on any atom is 0.305 e. The molecular weight excluding hydrogens is 272 g/mol. The fourth-order valence-corrected chi connectivity index (χ4v) is 3.31. The molecule has 2 aliphatic rings. The molecule has 0 radical (unpaired) electrons. The number of aliphatic carboxylic acids is 1. The minimum Gasteiger partial charge on any atom is -0.481 e. The average Bonchev–Trinajstić information content (AvgIpc) is 2.47. The molecule has 0 aliphatic carbocycles. The van der Waals surface area contributed by atoms with Crippen LogP contribution in [0.4, 0.5) is 0 Å². The summed E-state index contributed by atoms with van der Waals surface area (Å²) in [6, 6.07) is -0.348. The lowest BCUT2D eigenvalue weighted by molar-refractivity contribution is -0.155. The molecule has 2 fully saturated rings. The molecule has 0 bridgehead atoms. The van der Waals surface area contributed by atoms with Crippen molar-refractivity contribution in [1.82, 2.24) is 10.2 Å². The molecule has 21 heavy (non-hydrogen) atoms. The van der Waals surface area contributed by atoms with E-state index in [0.717, 1.165) is 25.9 Å². The number of ether oxygens (including phenoxy) is 1. The number of hydrogen-bond acceptors (Lipinski definition) is 4. The third kappa shape index (κ3) is 3.74. The molecule has 0 saturated carbocycles. The summed E-state index contributed by atoms with van der Waals surface area (Å²) in [5.41, 5.74) is -0.471. The van der Waals surface area contributed by atoms with Gasteiger partial charge in [0.15, 0.2) is 0 Å². The van der Waals surface area contributed by atoms with Gasteiger partial charge in [0.1, 0.15) is 0 Å². The second kappa shape index (κ2) is 6.75. The first kappa shape index (κ1) is 16.2. The lowest BCUT2D eigenvalue weighted by atomic mass is 9.73. The number of piperidine rings is 1. The Morgan fingerprint density at radius 2 is 2.19 bits per heavy atom. The van der Waals surface area contributed by atoms with Crippen molar-refractivity contribution in [3.05, 3.63) is 0 Å². The van der Waals surface area contributed by atoms with Crippen molar-refractivity contribution < 1.29 is 19.4 Å². The zero-order chi connectivity index (χ0) is 15.5. The van der Waals surface area contributed by atoms with Gasteiger partial charge in [-0.15, -0.1) is 0 Å². The molecule has 120 valence electrons. The molecule has 2 aliphatic heterocycles. The van der Waals surface area contributed by atoms with Gasteiger partial charge in [-0.1, -0.05) is 13.8 Å². The Kier molecular flexibility index (Phi) is 5.22. The molecule has 2 atom stereocenters. The quantitative estimate of drug-likeness (QED) is 0.799. The number of hydrogen-bond donors (Lipinski definition) is 2. The summed E-state index contributed by atoms with van der Waals surface area (Å²) in [5.74, 6) is -0.529. The van der Waals surface area contributed by atoms with Crippen molar-refractivity contribution in [3.8, 4) is 0 Å². The van der Waals surface area contributed by atoms with Gasteiger partial charge >= 0.3 is 5.97 Å². The van der Waals surface area contributed by atoms with E-state index in [4.69, 9.17) is 9.84 Å². The fraction of sp³-hybridized carbons (Fsp3) is 0.867. The van der Waals surface area contributed by atoms with E-state index in [1.807, 2.05) is 13.8 Å². The Hall–Kier alpha value is -1.14. The van der Waals surface area contributed by atoms with Crippen LogP contribution < -0.4 is 5.32 Å². The molecule has 0 aromatic rings. The Morgan fingerprint density at radius 3 is 2.81 bits per heavy atom. The third-order valence-electron chi connectivity index (χ3n) is 4.77. The second-order valence-electron chi connectivity index (χ2n) is 6.59. The molecule has 0 aromatic heterocycles. The summed E-state index contributed by atoms with van der Waals surface area (Å²) in [6.07, 6.45) is 2.08. The van der Waals surface area contributed by atoms with E-state index in [0.29, 0.717) is 25.7 Å². The van der Waals surface area contributed by atoms with E-state index in [9.17, 15) is 9.59 Å². The molecule has 2 rings (SSSR count). The Balaban J connectivity index is 2.09. The molecular formula is C15H26N2O4. The number of carboxylic acids is 1. The zero-order valence-corrected chi connectivity index (χ0v) is 12.9. The number of morpholine rings is 1. The molecule has 1 amide bonds. The summed E-state index contributed by atoms with van der Waals surface area (Å²) in [5, 5.41) is 12.4. The Labute approximate surface area is 125 Å². The smallest absolute Gasteiger partial charge is 0.305 e. The maximum absolute atomic E-state index is 13.0. The summed E-state index contributed by atoms with van der Waals surface area (Å²) in [7, 11) is 0. The average molecular weight is 298 g/mol. The highest BCUT2D eigenvalue weighted by molar-refractivity contribution is 5.83. The topological polar surface area (TPSA) is 78.9 Å². The van der Waals surface area contributed by atoms with E-state index in [-0.39, 0.29) is 18.4 Å². The molecule has 0 aromatic carbocycles. The van der Waals surface area contributed by atoms with Crippen molar-refractivity contribution in [2.45, 2.75) is 39.2 Å². The SMILES string of the molecule is CC(C)(C(=O)N1CCOCC1CC(=O)O)C1CCCNC1. The van der Waals surface area contributed by atoms with Crippen LogP contribution in [-0.4, -0.2) is 60.8 Å². The molecule has 6 nitrogen and oxygen atoms in total. The lowest BCUT2D eigenvalue weighted by Crippen LogP contribution is -2.56. The lowest BCUT2D eigenvalue weighted by Gasteiger charge is -2.43. The van der Waals surface area contributed by atoms with Crippen LogP contribution in [0.5, 0.6) is 0 Å². The Bertz CT molecular complexity index is 391. The van der Waals surface area contributed by atoms with Crippen LogP contribution in [-0.2, 0) is 14.3 Å². The van der Waals surface area contributed by atoms with Crippen molar-refractivity contribution >= 4 is 11.9 Å². The van der Waals surface area contributed by atoms with Crippen LogP contribution in [0.3, 0.4) is 0 Å². The highest BCUT2D eigenvalue weighted by atomic mass is 16.5. The number of carbonyl (C=O) groups is 2. The Morgan fingerprint density at radius 1 is 1.43 bits per heavy atom. The molecule has 2 unspecified atom stereocenters. The highest BCUT2D eigenvalue weighted by Crippen LogP contribution is 2.34. The predicted molar refractivity (Wildman–Crippen MR) is 77.9 cm³/mol. The molecule has 2 heterocycles. The van der Waals surface area contributed by atoms with Gasteiger partial charge in [0.2, 0.25) is 5.91 Å². The third-order valence-corrected chi connectivity index (χ3v) is 4.77. The van der Waals surface area contributed by atoms with Crippen LogP contribution in [0.15, 0.2) is 0 Å². The summed E-state index contributed by atoms with van der Waals surface area (Å²) in [6.45, 7) is 7.13. The van der Waals surface area contributed by atoms with Gasteiger partial charge in [0.25, 0.3) is 0 Å². The highest BCUT2D eigenvalue weighted by Gasteiger charge is 2.42. The monoisotopic (exact) mass is 298 g/mol. The normalized spacial score (nSPS) is 27.4. The number of nitrogens with zero attached hydrogens (tertiary/aromatic N) is 1. The number of nitrogens with one attached hydrogen (secondary N) is 1. The number of carboxylic acid groups (broad SMARTS) is 1. The van der Waals surface area contributed by atoms with E-state index in [1.165, 1.54) is 0 Å². The number of amides is 1. The molecule has 2 saturated heterocycles. The first-order valence-electron chi connectivity index (χ1n) is 7.74. The van der Waals surface area contributed by atoms with Crippen LogP contribution in [0.1, 0.15) is 33.1 Å². The predicted octanol–water partition coefficient (Wildman–Crippen LogP) is 0.714. The first-order chi connectivity index (χ1) is 9.93. The van der Waals surface area contributed by atoms with E-state index < -0.39 is 11.4 Å². The van der Waals surface area contributed by atoms with E-state index in [2.05, 4.69) is 5.32 Å². The number of rotatable bonds is 4. The minimum absolute atomic E-state index is 0.0509. The molecule has 6 heteroatoms. The van der Waals surface area contributed by atoms with Gasteiger partial charge in [0.05, 0.1) is 25.7 Å². The van der Waals surface area contributed by atoms with Gasteiger partial charge in [-0.05, 0) is 31.8 Å². The van der Waals surface area contributed by atoms with Crippen molar-refractivity contribution in [1.29, 1.82) is 0 Å². The van der Waals surface area contributed by atoms with Crippen molar-refractivity contribution in [2.24, 2.45) is 11.3 Å². The standard InChI is InChI=1S/C15H26N2O4/c1-15(2,11-4-3-5-16-9-11)14(20)17-6-7-21-10-12(17)8-13(18)19/h11-12,16H,3-10H2,1-2H3,(H,18,19). The van der Waals surface area contributed by atoms with Gasteiger partial charge in [-0.25, -0.2) is 0 Å². The molecule has 0 spiro atoms. The summed E-state index contributed by atoms with van der Waals surface area (Å²) < 4.78 is 5.35. The van der Waals surface area contributed by atoms with Gasteiger partial charge in [0, 0.05) is 12.0 Å². The first-order valence-corrected chi connectivity index (χ1v) is 7.74. The van der Waals surface area contributed by atoms with E-state index in [1.54, 1.807) is 4.90 Å². The molecule has 2 N–H and O–H groups in total. The second-order valence-corrected chi connectivity index (χ2v) is 6.59. The maximum atomic E-state index is 13.0. The van der Waals surface area contributed by atoms with Gasteiger partial charge < -0.3 is 20.1 Å². The van der Waals surface area contributed by atoms with Crippen LogP contribution in [0.25, 0.3) is 0 Å². The van der Waals surface area contributed by atoms with Crippen molar-refractivity contribution in [3.63, 3.8) is 0 Å². The summed E-state index contributed by atoms with van der Waals surface area (Å²) >= 11 is 0. The fourth-order valence-electron chi connectivity index (χ4n) is 3.31. The number of carbonyl (C=O) groups excluding carboxylic acids is 1. The van der Waals surface area contributed by atoms with Crippen LogP contribution >= 0.6 is 0 Å². The van der Waals surface area contributed by atoms with E-state index >= 15 is 0 Å². The zero-order valence-electron chi connectivity index (χ0n) is 12.9. The summed E-state index contributed by atoms with van der Waals surface area (Å²) in [4.78, 5) is 25.7. The van der Waals surface area contributed by atoms with Crippen molar-refractivity contribution in [2.75, 3.05) is 32.8 Å². The largest absolute Gasteiger partial charge is 0.481 e. The minimum atomic E-state index is -0.888. The van der Waals surface area contributed by atoms with Gasteiger partial charge in [-0.3, -0.25) is 9.59 Å². The van der Waals surface area contributed by atoms with Gasteiger partial charge in [-0.2, -0.15) is 0 Å². The van der Waals surface area contributed by atoms with Crippen LogP contribution in [0, 0.1) is 11.3 Å². The van der Waals surface area contributed by atoms with Crippen LogP contribution in [0.2, 0.25) is 0 Å².